The van der Waals surface area contributed by atoms with Crippen LogP contribution in [0.3, 0.4) is 0 Å². The van der Waals surface area contributed by atoms with E-state index in [4.69, 9.17) is 12.2 Å². The Hall–Kier alpha value is -9.18. The average molecular weight is 2120 g/mol. The van der Waals surface area contributed by atoms with E-state index in [9.17, 15) is 97.2 Å². The maximum absolute atomic E-state index is 14.5. The van der Waals surface area contributed by atoms with Crippen molar-refractivity contribution in [3.63, 3.8) is 0 Å². The molecule has 0 aromatic rings. The molecule has 18 atom stereocenters. The molecule has 6 saturated heterocycles. The highest BCUT2D eigenvalue weighted by Crippen LogP contribution is 2.67. The number of nitrogens with one attached hydrogen (secondary N) is 11. The molecular weight excluding hydrogens is 1950 g/mol. The zero-order chi connectivity index (χ0) is 110. The molecule has 11 rings (SSSR count). The van der Waals surface area contributed by atoms with Gasteiger partial charge in [0.25, 0.3) is 17.7 Å². The minimum absolute atomic E-state index is 0.0224. The van der Waals surface area contributed by atoms with Gasteiger partial charge in [0.15, 0.2) is 0 Å². The van der Waals surface area contributed by atoms with E-state index >= 15 is 0 Å². The molecule has 42 heteroatoms. The molecule has 147 heavy (non-hydrogen) atoms. The molecule has 11 aliphatic rings. The lowest BCUT2D eigenvalue weighted by Gasteiger charge is -2.39. The maximum atomic E-state index is 14.5. The first-order valence-corrected chi connectivity index (χ1v) is 58.0. The van der Waals surface area contributed by atoms with Crippen LogP contribution in [0.5, 0.6) is 0 Å². The molecule has 0 aromatic heterocycles. The highest BCUT2D eigenvalue weighted by atomic mass is 32.2. The predicted molar refractivity (Wildman–Crippen MR) is 560 cm³/mol. The van der Waals surface area contributed by atoms with Crippen LogP contribution >= 0.6 is 0 Å². The fraction of sp³-hybridized carbons (Fsp3) is 0.800. The van der Waals surface area contributed by atoms with Crippen molar-refractivity contribution >= 4 is 119 Å². The number of hydrogen-bond acceptors (Lipinski definition) is 21. The van der Waals surface area contributed by atoms with Crippen molar-refractivity contribution in [2.45, 2.75) is 353 Å². The van der Waals surface area contributed by atoms with Gasteiger partial charge >= 0.3 is 18.1 Å². The third-order valence-corrected chi connectivity index (χ3v) is 38.7. The number of urea groups is 3. The number of piperidine rings is 3. The lowest BCUT2D eigenvalue weighted by molar-refractivity contribution is -0.145. The minimum atomic E-state index is -3.43. The lowest BCUT2D eigenvalue weighted by atomic mass is 9.80. The Morgan fingerprint density at radius 1 is 0.415 bits per heavy atom. The summed E-state index contributed by atoms with van der Waals surface area (Å²) in [5, 5.41) is 30.9. The van der Waals surface area contributed by atoms with E-state index in [0.717, 1.165) is 77.0 Å². The van der Waals surface area contributed by atoms with Crippen molar-refractivity contribution in [2.24, 2.45) is 96.4 Å². The van der Waals surface area contributed by atoms with E-state index in [-0.39, 0.29) is 145 Å². The van der Waals surface area contributed by atoms with Gasteiger partial charge in [0.05, 0.1) is 35.4 Å². The molecule has 0 radical (unpaired) electrons. The van der Waals surface area contributed by atoms with Gasteiger partial charge in [0, 0.05) is 96.5 Å². The van der Waals surface area contributed by atoms with E-state index in [1.165, 1.54) is 34.9 Å². The third-order valence-electron chi connectivity index (χ3n) is 32.9. The molecule has 11 fully saturated rings. The van der Waals surface area contributed by atoms with Gasteiger partial charge in [0.2, 0.25) is 82.9 Å². The summed E-state index contributed by atoms with van der Waals surface area (Å²) in [6.07, 6.45) is 21.9. The van der Waals surface area contributed by atoms with E-state index < -0.39 is 212 Å². The van der Waals surface area contributed by atoms with E-state index in [1.54, 1.807) is 4.90 Å². The molecule has 5 saturated carbocycles. The van der Waals surface area contributed by atoms with Crippen LogP contribution in [-0.4, -0.2) is 303 Å². The summed E-state index contributed by atoms with van der Waals surface area (Å²) < 4.78 is 80.8. The SMILES string of the molecule is C#CCCC(NC(=O)[C@@H]1[C@@H]2[C@H](CN1C(=O)[C@@H](NC(=O)N[C@H](CN1CCCCS1(=O)=O)C(C)(C)C)C(C)(C)C)C2(C)C)C(=O)C(=O)NCC=C.C=CCNC(=O)C(=O)C(CC1CCC1)NC(=O)[C@@H]1[C@@H]2[C@H](CN1C(=O)[C@@H](NC(=O)N[C@H](CN1CCCCS1(=O)=O)C(C)(C)C)C(C)(C)C)C2(C)C.CCCCC(NC(=O)[C@@H]1[C@@H]2[C@H](CN1C(=O)[C@@H](NC(=O)N[C@H](CN1CCCCS1(=O)=O)C(C)(C)C)C1CCCCC1)C2(C)C)C(=O)C(N)=O. The smallest absolute Gasteiger partial charge is 0.315 e. The quantitative estimate of drug-likeness (QED) is 0.0174. The maximum Gasteiger partial charge on any atom is 0.315 e. The van der Waals surface area contributed by atoms with Gasteiger partial charge < -0.3 is 78.9 Å². The first-order valence-electron chi connectivity index (χ1n) is 53.2. The van der Waals surface area contributed by atoms with E-state index in [0.29, 0.717) is 64.8 Å². The molecule has 6 heterocycles. The second-order valence-electron chi connectivity index (χ2n) is 49.9. The number of unbranched alkanes of at least 4 members (excludes halogenated alkanes) is 1. The van der Waals surface area contributed by atoms with Gasteiger partial charge in [0.1, 0.15) is 36.3 Å². The molecular formula is C105H174N18O21S3. The molecule has 828 valence electrons. The Kier molecular flexibility index (Phi) is 40.1. The highest BCUT2D eigenvalue weighted by molar-refractivity contribution is 7.89. The standard InChI is InChI=1S/C36H60N6O7S.C35H56N6O7S.C34H58N6O7S/c1-10-16-37-31(45)28(43)24(19-22-14-13-15-22)38-30(44)27-26-23(36(26,8)9)20-42(27)32(46)29(35(5,6)7)40-33(47)39-25(34(2,3)4)21-41-17-11-12-18-50(41,48)49;1-11-13-16-23(27(42)30(44)36-17-12-2)37-29(43)26-25-22(35(25,9)10)20-41(26)31(45)28(34(6,7)8)39-32(46)38-24(33(3,4)5)21-40-18-14-15-19-49(40,47)48;1-7-8-16-23(28(41)29(35)42)36-30(43)27-25-22(34(25,5)6)19-40(27)31(44)26(21-14-10-9-11-15-21)38-32(45)37-24(33(2,3)4)20-39-17-12-13-18-48(39,46)47/h10,22-27,29H,1,11-21H2,2-9H3,(H,37,45)(H,38,44)(H2,39,40,47);1,12,22-26,28H,2,13-21H2,3-10H3,(H,36,44)(H,37,43)(H2,38,39,46);21-27H,7-20H2,1-6H3,(H2,35,42)(H,36,43)(H2,37,38,45)/t23-,24?,25+,26-,27-,29+;22-,23?,24+,25-,26-,28+;22-,23?,24+,25-,26-,27-/m000/s1. The van der Waals surface area contributed by atoms with Gasteiger partial charge in [-0.1, -0.05) is 216 Å². The van der Waals surface area contributed by atoms with Crippen molar-refractivity contribution < 1.29 is 97.2 Å². The van der Waals surface area contributed by atoms with Gasteiger partial charge in [-0.05, 0) is 161 Å². The van der Waals surface area contributed by atoms with Gasteiger partial charge in [-0.15, -0.1) is 25.5 Å². The molecule has 5 aliphatic carbocycles. The predicted octanol–water partition coefficient (Wildman–Crippen LogP) is 6.65. The zero-order valence-corrected chi connectivity index (χ0v) is 93.7. The second kappa shape index (κ2) is 48.6. The Balaban J connectivity index is 0.000000245. The third kappa shape index (κ3) is 30.2. The fourth-order valence-corrected chi connectivity index (χ4v) is 27.5. The van der Waals surface area contributed by atoms with Gasteiger partial charge in [-0.3, -0.25) is 57.5 Å². The molecule has 0 bridgehead atoms. The topological polar surface area (TPSA) is 536 Å². The zero-order valence-electron chi connectivity index (χ0n) is 91.3. The molecule has 15 amide bonds. The van der Waals surface area contributed by atoms with E-state index in [2.05, 4.69) is 105 Å². The minimum Gasteiger partial charge on any atom is -0.363 e. The van der Waals surface area contributed by atoms with Crippen LogP contribution in [-0.2, 0) is 87.6 Å². The van der Waals surface area contributed by atoms with Crippen LogP contribution in [0.1, 0.15) is 281 Å². The Morgan fingerprint density at radius 3 is 1.05 bits per heavy atom. The van der Waals surface area contributed by atoms with Crippen LogP contribution in [0.2, 0.25) is 0 Å². The first kappa shape index (κ1) is 121. The highest BCUT2D eigenvalue weighted by Gasteiger charge is 2.73. The largest absolute Gasteiger partial charge is 0.363 e. The van der Waals surface area contributed by atoms with Crippen molar-refractivity contribution in [3.8, 4) is 12.3 Å². The number of terminal acetylenes is 1. The van der Waals surface area contributed by atoms with Gasteiger partial charge in [-0.25, -0.2) is 39.6 Å². The fourth-order valence-electron chi connectivity index (χ4n) is 22.7. The number of fused-ring (bicyclic) bond motifs is 3. The number of nitrogens with two attached hydrogens (primary N) is 1. The van der Waals surface area contributed by atoms with Crippen LogP contribution < -0.4 is 64.2 Å². The molecule has 13 N–H and O–H groups in total. The number of ketones is 3. The molecule has 0 aromatic carbocycles. The molecule has 39 nitrogen and oxygen atoms in total. The summed E-state index contributed by atoms with van der Waals surface area (Å²) in [7, 11) is -10.3. The number of amides is 15. The Bertz CT molecular complexity index is 5250. The average Bonchev–Trinajstić information content (AvgIpc) is 1.54. The van der Waals surface area contributed by atoms with Crippen molar-refractivity contribution in [1.29, 1.82) is 0 Å². The number of carbonyl (C=O) groups is 15. The van der Waals surface area contributed by atoms with Crippen LogP contribution in [0.25, 0.3) is 0 Å². The summed E-state index contributed by atoms with van der Waals surface area (Å²) in [6.45, 7) is 52.3. The Labute approximate surface area is 873 Å². The number of Topliss-reactive ketones (excluding diaryl/α,β-unsaturated/α-hetero) is 3. The Morgan fingerprint density at radius 2 is 0.748 bits per heavy atom. The summed E-state index contributed by atoms with van der Waals surface area (Å²) in [5.74, 6) is -5.44. The number of rotatable bonds is 39. The number of hydrogen-bond donors (Lipinski definition) is 12. The molecule has 3 unspecified atom stereocenters. The normalized spacial score (nSPS) is 26.0. The van der Waals surface area contributed by atoms with E-state index in [1.807, 2.05) is 125 Å². The van der Waals surface area contributed by atoms with Crippen molar-refractivity contribution in [1.82, 2.24) is 86.1 Å². The summed E-state index contributed by atoms with van der Waals surface area (Å²) in [4.78, 5) is 207. The molecule has 6 aliphatic heterocycles. The monoisotopic (exact) mass is 2120 g/mol. The number of sulfonamides is 3. The summed E-state index contributed by atoms with van der Waals surface area (Å²) in [5.41, 5.74) is 1.66. The molecule has 0 spiro atoms. The van der Waals surface area contributed by atoms with Crippen LogP contribution in [0, 0.1) is 103 Å². The summed E-state index contributed by atoms with van der Waals surface area (Å²) >= 11 is 0. The van der Waals surface area contributed by atoms with Crippen molar-refractivity contribution in [2.75, 3.05) is 89.3 Å². The number of carbonyl (C=O) groups excluding carboxylic acids is 15. The van der Waals surface area contributed by atoms with Crippen molar-refractivity contribution in [3.05, 3.63) is 25.3 Å². The van der Waals surface area contributed by atoms with Gasteiger partial charge in [-0.2, -0.15) is 12.9 Å². The second-order valence-corrected chi connectivity index (χ2v) is 56.2. The summed E-state index contributed by atoms with van der Waals surface area (Å²) in [6, 6.07) is -12.3. The number of primary amides is 1. The first-order chi connectivity index (χ1) is 68.1. The van der Waals surface area contributed by atoms with Crippen LogP contribution in [0.15, 0.2) is 25.3 Å². The van der Waals surface area contributed by atoms with Crippen LogP contribution in [0.4, 0.5) is 14.4 Å². The lowest BCUT2D eigenvalue weighted by Crippen LogP contribution is -2.63. The number of likely N-dealkylation sites (tertiary alicyclic amines) is 3. The number of nitrogens with zero attached hydrogens (tertiary/aromatic N) is 6.